The van der Waals surface area contributed by atoms with Crippen molar-refractivity contribution in [2.24, 2.45) is 5.41 Å². The van der Waals surface area contributed by atoms with Gasteiger partial charge in [-0.15, -0.1) is 0 Å². The van der Waals surface area contributed by atoms with Crippen LogP contribution in [-0.2, 0) is 9.53 Å². The lowest BCUT2D eigenvalue weighted by Crippen LogP contribution is -2.42. The van der Waals surface area contributed by atoms with Gasteiger partial charge in [0, 0.05) is 25.3 Å². The van der Waals surface area contributed by atoms with Crippen LogP contribution in [-0.4, -0.2) is 54.8 Å². The summed E-state index contributed by atoms with van der Waals surface area (Å²) in [7, 11) is 1.62. The molecule has 2 saturated heterocycles. The Balaban J connectivity index is 1.36. The van der Waals surface area contributed by atoms with Gasteiger partial charge < -0.3 is 19.5 Å². The van der Waals surface area contributed by atoms with Crippen molar-refractivity contribution >= 4 is 11.9 Å². The van der Waals surface area contributed by atoms with Gasteiger partial charge in [0.15, 0.2) is 0 Å². The maximum absolute atomic E-state index is 12.7. The molecule has 1 aliphatic carbocycles. The highest BCUT2D eigenvalue weighted by atomic mass is 16.5. The van der Waals surface area contributed by atoms with Crippen molar-refractivity contribution in [1.82, 2.24) is 4.90 Å². The van der Waals surface area contributed by atoms with Gasteiger partial charge in [-0.25, -0.2) is 4.79 Å². The van der Waals surface area contributed by atoms with Crippen molar-refractivity contribution in [3.63, 3.8) is 0 Å². The van der Waals surface area contributed by atoms with Gasteiger partial charge >= 0.3 is 5.97 Å². The minimum atomic E-state index is -0.914. The molecule has 2 aliphatic heterocycles. The standard InChI is InChI=1S/C26H29NO5/c1-31-23-13-19(21(25(29)30)12-20(23)17-6-3-2-4-7-17)18-14-26(15-18)9-10-27(16-26)24(28)22-8-5-11-32-22/h2-4,6-7,12-13,18,22H,5,8-11,14-16H2,1H3,(H,29,30)/t18-,22-,26-/m1/s1. The number of hydrogen-bond donors (Lipinski definition) is 1. The van der Waals surface area contributed by atoms with Crippen LogP contribution in [0.3, 0.4) is 0 Å². The summed E-state index contributed by atoms with van der Waals surface area (Å²) in [5.41, 5.74) is 3.00. The van der Waals surface area contributed by atoms with Crippen LogP contribution in [0.15, 0.2) is 42.5 Å². The second-order valence-corrected chi connectivity index (χ2v) is 9.43. The molecule has 168 valence electrons. The van der Waals surface area contributed by atoms with Crippen LogP contribution in [0, 0.1) is 5.41 Å². The molecule has 0 aromatic heterocycles. The van der Waals surface area contributed by atoms with E-state index in [0.717, 1.165) is 61.9 Å². The van der Waals surface area contributed by atoms with Gasteiger partial charge in [-0.3, -0.25) is 4.79 Å². The van der Waals surface area contributed by atoms with E-state index in [9.17, 15) is 14.7 Å². The fraction of sp³-hybridized carbons (Fsp3) is 0.462. The van der Waals surface area contributed by atoms with E-state index >= 15 is 0 Å². The lowest BCUT2D eigenvalue weighted by Gasteiger charge is -2.46. The first-order chi connectivity index (χ1) is 15.5. The molecule has 3 fully saturated rings. The fourth-order valence-corrected chi connectivity index (χ4v) is 5.77. The van der Waals surface area contributed by atoms with Crippen LogP contribution in [0.5, 0.6) is 5.75 Å². The Morgan fingerprint density at radius 1 is 1.19 bits per heavy atom. The van der Waals surface area contributed by atoms with E-state index in [2.05, 4.69) is 0 Å². The number of aromatic carboxylic acids is 1. The quantitative estimate of drug-likeness (QED) is 0.756. The number of carbonyl (C=O) groups excluding carboxylic acids is 1. The van der Waals surface area contributed by atoms with E-state index in [1.54, 1.807) is 13.2 Å². The summed E-state index contributed by atoms with van der Waals surface area (Å²) < 4.78 is 11.2. The summed E-state index contributed by atoms with van der Waals surface area (Å²) in [6.45, 7) is 2.20. The third-order valence-electron chi connectivity index (χ3n) is 7.44. The van der Waals surface area contributed by atoms with Crippen molar-refractivity contribution in [2.45, 2.75) is 44.1 Å². The molecule has 1 N–H and O–H groups in total. The van der Waals surface area contributed by atoms with Gasteiger partial charge in [-0.05, 0) is 66.7 Å². The molecule has 3 aliphatic rings. The second-order valence-electron chi connectivity index (χ2n) is 9.43. The van der Waals surface area contributed by atoms with E-state index in [1.807, 2.05) is 41.3 Å². The van der Waals surface area contributed by atoms with Crippen molar-refractivity contribution in [2.75, 3.05) is 26.8 Å². The molecule has 1 amide bonds. The molecule has 0 bridgehead atoms. The Labute approximate surface area is 188 Å². The molecule has 1 spiro atoms. The Kier molecular flexibility index (Phi) is 5.41. The molecular formula is C26H29NO5. The summed E-state index contributed by atoms with van der Waals surface area (Å²) in [4.78, 5) is 26.8. The Bertz CT molecular complexity index is 1020. The summed E-state index contributed by atoms with van der Waals surface area (Å²) in [6.07, 6.45) is 4.28. The van der Waals surface area contributed by atoms with Crippen LogP contribution >= 0.6 is 0 Å². The molecule has 1 saturated carbocycles. The molecule has 1 atom stereocenters. The SMILES string of the molecule is COc1cc([C@H]2C[C@@]3(CCN(C(=O)[C@H]4CCCO4)C3)C2)c(C(=O)O)cc1-c1ccccc1. The highest BCUT2D eigenvalue weighted by Crippen LogP contribution is 2.57. The zero-order chi connectivity index (χ0) is 22.3. The van der Waals surface area contributed by atoms with E-state index in [0.29, 0.717) is 17.9 Å². The largest absolute Gasteiger partial charge is 0.496 e. The monoisotopic (exact) mass is 435 g/mol. The lowest BCUT2D eigenvalue weighted by atomic mass is 9.59. The maximum Gasteiger partial charge on any atom is 0.335 e. The fourth-order valence-electron chi connectivity index (χ4n) is 5.77. The molecule has 2 aromatic rings. The van der Waals surface area contributed by atoms with Crippen molar-refractivity contribution < 1.29 is 24.2 Å². The first-order valence-corrected chi connectivity index (χ1v) is 11.4. The highest BCUT2D eigenvalue weighted by Gasteiger charge is 2.51. The molecule has 5 rings (SSSR count). The van der Waals surface area contributed by atoms with Crippen LogP contribution in [0.4, 0.5) is 0 Å². The van der Waals surface area contributed by atoms with E-state index in [1.165, 1.54) is 0 Å². The summed E-state index contributed by atoms with van der Waals surface area (Å²) in [5.74, 6) is 0.0710. The number of nitrogens with zero attached hydrogens (tertiary/aromatic N) is 1. The molecule has 6 heteroatoms. The number of carboxylic acid groups (broad SMARTS) is 1. The number of carboxylic acids is 1. The number of hydrogen-bond acceptors (Lipinski definition) is 4. The average molecular weight is 436 g/mol. The summed E-state index contributed by atoms with van der Waals surface area (Å²) >= 11 is 0. The van der Waals surface area contributed by atoms with Gasteiger partial charge in [-0.2, -0.15) is 0 Å². The Hall–Kier alpha value is -2.86. The molecule has 2 heterocycles. The van der Waals surface area contributed by atoms with Crippen molar-refractivity contribution in [1.29, 1.82) is 0 Å². The van der Waals surface area contributed by atoms with Gasteiger partial charge in [0.1, 0.15) is 11.9 Å². The first-order valence-electron chi connectivity index (χ1n) is 11.4. The van der Waals surface area contributed by atoms with Crippen LogP contribution in [0.25, 0.3) is 11.1 Å². The Morgan fingerprint density at radius 2 is 1.97 bits per heavy atom. The molecule has 32 heavy (non-hydrogen) atoms. The number of amides is 1. The predicted molar refractivity (Wildman–Crippen MR) is 120 cm³/mol. The van der Waals surface area contributed by atoms with Crippen molar-refractivity contribution in [3.8, 4) is 16.9 Å². The van der Waals surface area contributed by atoms with E-state index in [4.69, 9.17) is 9.47 Å². The highest BCUT2D eigenvalue weighted by molar-refractivity contribution is 5.93. The minimum Gasteiger partial charge on any atom is -0.496 e. The molecule has 6 nitrogen and oxygen atoms in total. The van der Waals surface area contributed by atoms with Crippen LogP contribution in [0.2, 0.25) is 0 Å². The first kappa shape index (κ1) is 21.0. The predicted octanol–water partition coefficient (Wildman–Crippen LogP) is 4.34. The van der Waals surface area contributed by atoms with Crippen LogP contribution in [0.1, 0.15) is 53.9 Å². The number of likely N-dealkylation sites (tertiary alicyclic amines) is 1. The molecule has 2 aromatic carbocycles. The topological polar surface area (TPSA) is 76.1 Å². The third kappa shape index (κ3) is 3.66. The number of ether oxygens (including phenoxy) is 2. The summed E-state index contributed by atoms with van der Waals surface area (Å²) in [6, 6.07) is 13.4. The summed E-state index contributed by atoms with van der Waals surface area (Å²) in [5, 5.41) is 9.95. The maximum atomic E-state index is 12.7. The Morgan fingerprint density at radius 3 is 2.62 bits per heavy atom. The second kappa shape index (κ2) is 8.24. The van der Waals surface area contributed by atoms with E-state index < -0.39 is 5.97 Å². The lowest BCUT2D eigenvalue weighted by molar-refractivity contribution is -0.140. The molecule has 0 unspecified atom stereocenters. The molecule has 0 radical (unpaired) electrons. The number of carbonyl (C=O) groups is 2. The molecular weight excluding hydrogens is 406 g/mol. The van der Waals surface area contributed by atoms with Gasteiger partial charge in [0.2, 0.25) is 0 Å². The average Bonchev–Trinajstić information content (AvgIpc) is 3.48. The van der Waals surface area contributed by atoms with Gasteiger partial charge in [0.25, 0.3) is 5.91 Å². The minimum absolute atomic E-state index is 0.0973. The zero-order valence-electron chi connectivity index (χ0n) is 18.4. The number of benzene rings is 2. The number of rotatable bonds is 5. The normalized spacial score (nSPS) is 26.8. The smallest absolute Gasteiger partial charge is 0.335 e. The zero-order valence-corrected chi connectivity index (χ0v) is 18.4. The van der Waals surface area contributed by atoms with E-state index in [-0.39, 0.29) is 23.3 Å². The third-order valence-corrected chi connectivity index (χ3v) is 7.44. The van der Waals surface area contributed by atoms with Crippen LogP contribution < -0.4 is 4.74 Å². The van der Waals surface area contributed by atoms with Crippen molar-refractivity contribution in [3.05, 3.63) is 53.6 Å². The van der Waals surface area contributed by atoms with Gasteiger partial charge in [-0.1, -0.05) is 30.3 Å². The number of methoxy groups -OCH3 is 1. The van der Waals surface area contributed by atoms with Gasteiger partial charge in [0.05, 0.1) is 12.7 Å².